The van der Waals surface area contributed by atoms with E-state index in [1.165, 1.54) is 0 Å². The van der Waals surface area contributed by atoms with E-state index < -0.39 is 12.1 Å². The number of para-hydroxylation sites is 1. The molecule has 0 spiro atoms. The van der Waals surface area contributed by atoms with Crippen LogP contribution in [0.25, 0.3) is 0 Å². The van der Waals surface area contributed by atoms with E-state index in [1.54, 1.807) is 0 Å². The molecule has 106 valence electrons. The number of carboxylic acids is 1. The summed E-state index contributed by atoms with van der Waals surface area (Å²) < 4.78 is 5.73. The number of ether oxygens (including phenoxy) is 1. The van der Waals surface area contributed by atoms with Crippen molar-refractivity contribution in [2.75, 3.05) is 0 Å². The van der Waals surface area contributed by atoms with Gasteiger partial charge in [-0.15, -0.1) is 0 Å². The maximum absolute atomic E-state index is 11.2. The molecule has 3 heteroatoms. The average molecular weight is 264 g/mol. The maximum Gasteiger partial charge on any atom is 0.344 e. The van der Waals surface area contributed by atoms with E-state index in [1.807, 2.05) is 31.2 Å². The first-order valence-corrected chi connectivity index (χ1v) is 7.08. The number of carbonyl (C=O) groups is 1. The lowest BCUT2D eigenvalue weighted by atomic mass is 9.97. The average Bonchev–Trinajstić information content (AvgIpc) is 2.42. The molecule has 0 heterocycles. The largest absolute Gasteiger partial charge is 0.479 e. The van der Waals surface area contributed by atoms with Gasteiger partial charge in [-0.3, -0.25) is 0 Å². The van der Waals surface area contributed by atoms with Crippen molar-refractivity contribution >= 4 is 5.97 Å². The second-order valence-electron chi connectivity index (χ2n) is 4.93. The molecule has 0 aromatic heterocycles. The standard InChI is InChI=1S/C16H24O3/c1-4-6-10-15(16(17)18)19-14-11-8-7-9-13(14)12(3)5-2/h7-9,11-12,15H,4-6,10H2,1-3H3,(H,17,18). The molecular weight excluding hydrogens is 240 g/mol. The van der Waals surface area contributed by atoms with Crippen molar-refractivity contribution < 1.29 is 14.6 Å². The number of hydrogen-bond acceptors (Lipinski definition) is 2. The summed E-state index contributed by atoms with van der Waals surface area (Å²) in [5.41, 5.74) is 1.09. The van der Waals surface area contributed by atoms with Gasteiger partial charge in [0.1, 0.15) is 5.75 Å². The second-order valence-corrected chi connectivity index (χ2v) is 4.93. The Morgan fingerprint density at radius 3 is 2.58 bits per heavy atom. The monoisotopic (exact) mass is 264 g/mol. The van der Waals surface area contributed by atoms with Crippen LogP contribution in [0.4, 0.5) is 0 Å². The molecule has 1 rings (SSSR count). The van der Waals surface area contributed by atoms with Crippen LogP contribution in [0.1, 0.15) is 57.9 Å². The van der Waals surface area contributed by atoms with E-state index in [2.05, 4.69) is 13.8 Å². The van der Waals surface area contributed by atoms with Crippen LogP contribution < -0.4 is 4.74 Å². The van der Waals surface area contributed by atoms with Crippen LogP contribution in [-0.4, -0.2) is 17.2 Å². The fourth-order valence-corrected chi connectivity index (χ4v) is 1.99. The van der Waals surface area contributed by atoms with Gasteiger partial charge in [-0.2, -0.15) is 0 Å². The molecule has 1 aromatic carbocycles. The summed E-state index contributed by atoms with van der Waals surface area (Å²) in [7, 11) is 0. The highest BCUT2D eigenvalue weighted by Crippen LogP contribution is 2.29. The molecule has 2 atom stereocenters. The first-order chi connectivity index (χ1) is 9.10. The first kappa shape index (κ1) is 15.5. The minimum atomic E-state index is -0.882. The third-order valence-electron chi connectivity index (χ3n) is 3.43. The van der Waals surface area contributed by atoms with Crippen LogP contribution in [-0.2, 0) is 4.79 Å². The third-order valence-corrected chi connectivity index (χ3v) is 3.43. The summed E-state index contributed by atoms with van der Waals surface area (Å²) in [6.45, 7) is 6.29. The highest BCUT2D eigenvalue weighted by Gasteiger charge is 2.20. The molecular formula is C16H24O3. The lowest BCUT2D eigenvalue weighted by Crippen LogP contribution is -2.27. The Kier molecular flexibility index (Phi) is 6.40. The van der Waals surface area contributed by atoms with Gasteiger partial charge in [0.25, 0.3) is 0 Å². The Hall–Kier alpha value is -1.51. The predicted molar refractivity (Wildman–Crippen MR) is 76.7 cm³/mol. The van der Waals surface area contributed by atoms with Crippen LogP contribution in [0, 0.1) is 0 Å². The van der Waals surface area contributed by atoms with Gasteiger partial charge in [0.15, 0.2) is 6.10 Å². The summed E-state index contributed by atoms with van der Waals surface area (Å²) in [6.07, 6.45) is 2.65. The molecule has 0 bridgehead atoms. The molecule has 3 nitrogen and oxygen atoms in total. The maximum atomic E-state index is 11.2. The summed E-state index contributed by atoms with van der Waals surface area (Å²) in [4.78, 5) is 11.2. The van der Waals surface area contributed by atoms with Crippen molar-refractivity contribution in [3.63, 3.8) is 0 Å². The number of benzene rings is 1. The number of aliphatic carboxylic acids is 1. The minimum Gasteiger partial charge on any atom is -0.479 e. The van der Waals surface area contributed by atoms with Crippen molar-refractivity contribution in [3.8, 4) is 5.75 Å². The van der Waals surface area contributed by atoms with Crippen LogP contribution >= 0.6 is 0 Å². The molecule has 0 amide bonds. The fraction of sp³-hybridized carbons (Fsp3) is 0.562. The quantitative estimate of drug-likeness (QED) is 0.764. The second kappa shape index (κ2) is 7.82. The number of unbranched alkanes of at least 4 members (excludes halogenated alkanes) is 1. The molecule has 19 heavy (non-hydrogen) atoms. The molecule has 2 unspecified atom stereocenters. The van der Waals surface area contributed by atoms with Crippen molar-refractivity contribution in [2.24, 2.45) is 0 Å². The molecule has 0 saturated carbocycles. The van der Waals surface area contributed by atoms with Gasteiger partial charge < -0.3 is 9.84 Å². The molecule has 0 radical (unpaired) electrons. The highest BCUT2D eigenvalue weighted by atomic mass is 16.5. The van der Waals surface area contributed by atoms with Crippen molar-refractivity contribution in [2.45, 2.75) is 58.5 Å². The Labute approximate surface area is 115 Å². The summed E-state index contributed by atoms with van der Waals surface area (Å²) in [5.74, 6) is 0.199. The van der Waals surface area contributed by atoms with Crippen LogP contribution in [0.2, 0.25) is 0 Å². The zero-order chi connectivity index (χ0) is 14.3. The van der Waals surface area contributed by atoms with Crippen LogP contribution in [0.15, 0.2) is 24.3 Å². The van der Waals surface area contributed by atoms with E-state index in [9.17, 15) is 9.90 Å². The van der Waals surface area contributed by atoms with E-state index in [-0.39, 0.29) is 0 Å². The zero-order valence-corrected chi connectivity index (χ0v) is 12.1. The van der Waals surface area contributed by atoms with Crippen LogP contribution in [0.5, 0.6) is 5.75 Å². The fourth-order valence-electron chi connectivity index (χ4n) is 1.99. The van der Waals surface area contributed by atoms with Gasteiger partial charge in [-0.1, -0.05) is 45.4 Å². The molecule has 0 aliphatic heterocycles. The molecule has 0 fully saturated rings. The van der Waals surface area contributed by atoms with E-state index in [0.717, 1.165) is 24.8 Å². The van der Waals surface area contributed by atoms with Gasteiger partial charge in [0, 0.05) is 0 Å². The first-order valence-electron chi connectivity index (χ1n) is 7.08. The van der Waals surface area contributed by atoms with Gasteiger partial charge in [-0.05, 0) is 36.8 Å². The van der Waals surface area contributed by atoms with E-state index in [4.69, 9.17) is 4.74 Å². The van der Waals surface area contributed by atoms with Crippen molar-refractivity contribution in [1.82, 2.24) is 0 Å². The Balaban J connectivity index is 2.86. The van der Waals surface area contributed by atoms with Gasteiger partial charge >= 0.3 is 5.97 Å². The minimum absolute atomic E-state index is 0.372. The van der Waals surface area contributed by atoms with Crippen molar-refractivity contribution in [3.05, 3.63) is 29.8 Å². The Bertz CT molecular complexity index is 401. The number of hydrogen-bond donors (Lipinski definition) is 1. The SMILES string of the molecule is CCCCC(Oc1ccccc1C(C)CC)C(=O)O. The molecule has 0 saturated heterocycles. The molecule has 1 aromatic rings. The van der Waals surface area contributed by atoms with Gasteiger partial charge in [-0.25, -0.2) is 4.79 Å². The molecule has 1 N–H and O–H groups in total. The lowest BCUT2D eigenvalue weighted by molar-refractivity contribution is -0.145. The summed E-state index contributed by atoms with van der Waals surface area (Å²) in [6, 6.07) is 7.74. The number of rotatable bonds is 8. The van der Waals surface area contributed by atoms with Crippen LogP contribution in [0.3, 0.4) is 0 Å². The van der Waals surface area contributed by atoms with Gasteiger partial charge in [0.2, 0.25) is 0 Å². The third kappa shape index (κ3) is 4.58. The lowest BCUT2D eigenvalue weighted by Gasteiger charge is -2.19. The van der Waals surface area contributed by atoms with E-state index >= 15 is 0 Å². The molecule has 0 aliphatic rings. The van der Waals surface area contributed by atoms with Gasteiger partial charge in [0.05, 0.1) is 0 Å². The summed E-state index contributed by atoms with van der Waals surface area (Å²) >= 11 is 0. The normalized spacial score (nSPS) is 13.8. The topological polar surface area (TPSA) is 46.5 Å². The Morgan fingerprint density at radius 1 is 1.32 bits per heavy atom. The highest BCUT2D eigenvalue weighted by molar-refractivity contribution is 5.72. The predicted octanol–water partition coefficient (Wildman–Crippen LogP) is 4.22. The van der Waals surface area contributed by atoms with E-state index in [0.29, 0.717) is 18.1 Å². The molecule has 0 aliphatic carbocycles. The zero-order valence-electron chi connectivity index (χ0n) is 12.1. The Morgan fingerprint density at radius 2 is 2.00 bits per heavy atom. The number of carboxylic acid groups (broad SMARTS) is 1. The van der Waals surface area contributed by atoms with Crippen molar-refractivity contribution in [1.29, 1.82) is 0 Å². The smallest absolute Gasteiger partial charge is 0.344 e. The summed E-state index contributed by atoms with van der Waals surface area (Å²) in [5, 5.41) is 9.22.